The van der Waals surface area contributed by atoms with Crippen molar-refractivity contribution in [2.24, 2.45) is 10.8 Å². The SMILES string of the molecule is CC(C)(CC(=O)CCCCCCCc1nnn[nH]1)C(C)(C)C(=O)c1nnn[nH]1. The fraction of sp³-hybridized carbons (Fsp3) is 0.778. The van der Waals surface area contributed by atoms with Gasteiger partial charge in [-0.3, -0.25) is 9.59 Å². The molecule has 2 heterocycles. The van der Waals surface area contributed by atoms with Crippen LogP contribution in [0.5, 0.6) is 0 Å². The number of aryl methyl sites for hydroxylation is 1. The first-order valence-electron chi connectivity index (χ1n) is 9.77. The van der Waals surface area contributed by atoms with Gasteiger partial charge < -0.3 is 0 Å². The number of tetrazole rings is 2. The van der Waals surface area contributed by atoms with Gasteiger partial charge in [-0.1, -0.05) is 47.0 Å². The molecule has 0 radical (unpaired) electrons. The lowest BCUT2D eigenvalue weighted by molar-refractivity contribution is -0.122. The van der Waals surface area contributed by atoms with Gasteiger partial charge in [0, 0.05) is 24.7 Å². The Bertz CT molecular complexity index is 738. The van der Waals surface area contributed by atoms with Gasteiger partial charge in [0.25, 0.3) is 0 Å². The van der Waals surface area contributed by atoms with Gasteiger partial charge in [-0.25, -0.2) is 10.2 Å². The standard InChI is InChI=1S/C18H30N8O2/c1-17(2,18(3,4)15(28)16-21-25-26-22-16)12-13(27)10-8-6-5-7-9-11-14-19-23-24-20-14/h5-12H2,1-4H3,(H,19,20,23,24)(H,21,22,25,26). The van der Waals surface area contributed by atoms with Gasteiger partial charge in [-0.05, 0) is 39.1 Å². The van der Waals surface area contributed by atoms with Crippen LogP contribution >= 0.6 is 0 Å². The fourth-order valence-electron chi connectivity index (χ4n) is 3.09. The maximum absolute atomic E-state index is 12.7. The van der Waals surface area contributed by atoms with E-state index in [1.165, 1.54) is 0 Å². The molecule has 0 saturated heterocycles. The van der Waals surface area contributed by atoms with Crippen LogP contribution in [0.15, 0.2) is 0 Å². The normalized spacial score (nSPS) is 12.3. The highest BCUT2D eigenvalue weighted by Gasteiger charge is 2.45. The van der Waals surface area contributed by atoms with Crippen LogP contribution in [0.2, 0.25) is 0 Å². The first-order valence-corrected chi connectivity index (χ1v) is 9.77. The van der Waals surface area contributed by atoms with Crippen molar-refractivity contribution < 1.29 is 9.59 Å². The smallest absolute Gasteiger partial charge is 0.216 e. The molecule has 28 heavy (non-hydrogen) atoms. The Hall–Kier alpha value is -2.52. The van der Waals surface area contributed by atoms with Crippen LogP contribution in [-0.2, 0) is 11.2 Å². The van der Waals surface area contributed by atoms with Crippen LogP contribution in [-0.4, -0.2) is 52.8 Å². The van der Waals surface area contributed by atoms with Crippen LogP contribution in [0.1, 0.15) is 89.1 Å². The topological polar surface area (TPSA) is 143 Å². The largest absolute Gasteiger partial charge is 0.300 e. The molecular weight excluding hydrogens is 360 g/mol. The van der Waals surface area contributed by atoms with E-state index in [9.17, 15) is 9.59 Å². The van der Waals surface area contributed by atoms with Crippen molar-refractivity contribution in [1.29, 1.82) is 0 Å². The molecule has 10 nitrogen and oxygen atoms in total. The maximum Gasteiger partial charge on any atom is 0.216 e. The van der Waals surface area contributed by atoms with E-state index in [0.29, 0.717) is 12.8 Å². The van der Waals surface area contributed by atoms with E-state index in [-0.39, 0.29) is 17.4 Å². The summed E-state index contributed by atoms with van der Waals surface area (Å²) in [5.41, 5.74) is -1.27. The van der Waals surface area contributed by atoms with E-state index in [1.807, 2.05) is 27.7 Å². The van der Waals surface area contributed by atoms with Crippen LogP contribution < -0.4 is 0 Å². The molecule has 0 spiro atoms. The second-order valence-electron chi connectivity index (χ2n) is 8.42. The summed E-state index contributed by atoms with van der Waals surface area (Å²) in [5.74, 6) is 0.953. The van der Waals surface area contributed by atoms with Crippen molar-refractivity contribution in [3.05, 3.63) is 11.6 Å². The number of ketones is 2. The predicted octanol–water partition coefficient (Wildman–Crippen LogP) is 2.49. The summed E-state index contributed by atoms with van der Waals surface area (Å²) >= 11 is 0. The monoisotopic (exact) mass is 390 g/mol. The third kappa shape index (κ3) is 5.74. The Morgan fingerprint density at radius 2 is 1.50 bits per heavy atom. The number of nitrogens with one attached hydrogen (secondary N) is 2. The molecule has 10 heteroatoms. The Balaban J connectivity index is 1.68. The number of Topliss-reactive ketones (excluding diaryl/α,β-unsaturated/α-hetero) is 2. The van der Waals surface area contributed by atoms with Crippen molar-refractivity contribution in [1.82, 2.24) is 41.2 Å². The van der Waals surface area contributed by atoms with E-state index >= 15 is 0 Å². The number of hydrogen-bond acceptors (Lipinski definition) is 8. The van der Waals surface area contributed by atoms with E-state index < -0.39 is 10.8 Å². The average Bonchev–Trinajstić information content (AvgIpc) is 3.33. The van der Waals surface area contributed by atoms with Crippen molar-refractivity contribution in [3.63, 3.8) is 0 Å². The molecule has 0 aliphatic carbocycles. The number of aromatic nitrogens is 8. The Labute approximate surface area is 164 Å². The van der Waals surface area contributed by atoms with E-state index in [0.717, 1.165) is 44.3 Å². The van der Waals surface area contributed by atoms with E-state index in [2.05, 4.69) is 41.2 Å². The first-order chi connectivity index (χ1) is 13.2. The second kappa shape index (κ2) is 9.61. The molecule has 0 saturated carbocycles. The van der Waals surface area contributed by atoms with Crippen LogP contribution in [0.25, 0.3) is 0 Å². The third-order valence-electron chi connectivity index (χ3n) is 5.72. The minimum absolute atomic E-state index is 0.131. The minimum Gasteiger partial charge on any atom is -0.300 e. The van der Waals surface area contributed by atoms with Gasteiger partial charge >= 0.3 is 0 Å². The summed E-state index contributed by atoms with van der Waals surface area (Å²) in [6.45, 7) is 7.58. The summed E-state index contributed by atoms with van der Waals surface area (Å²) in [6, 6.07) is 0. The molecular formula is C18H30N8O2. The van der Waals surface area contributed by atoms with Gasteiger partial charge in [0.05, 0.1) is 0 Å². The lowest BCUT2D eigenvalue weighted by Crippen LogP contribution is -2.41. The number of unbranched alkanes of at least 4 members (excludes halogenated alkanes) is 4. The zero-order valence-corrected chi connectivity index (χ0v) is 17.2. The molecule has 0 aliphatic heterocycles. The highest BCUT2D eigenvalue weighted by Crippen LogP contribution is 2.43. The molecule has 2 aromatic rings. The van der Waals surface area contributed by atoms with Crippen LogP contribution in [0.4, 0.5) is 0 Å². The van der Waals surface area contributed by atoms with E-state index in [4.69, 9.17) is 0 Å². The molecule has 0 unspecified atom stereocenters. The number of nitrogens with zero attached hydrogens (tertiary/aromatic N) is 6. The summed E-state index contributed by atoms with van der Waals surface area (Å²) in [4.78, 5) is 25.2. The van der Waals surface area contributed by atoms with Crippen molar-refractivity contribution in [3.8, 4) is 0 Å². The minimum atomic E-state index is -0.764. The number of hydrogen-bond donors (Lipinski definition) is 2. The predicted molar refractivity (Wildman–Crippen MR) is 101 cm³/mol. The highest BCUT2D eigenvalue weighted by atomic mass is 16.1. The molecule has 0 atom stereocenters. The summed E-state index contributed by atoms with van der Waals surface area (Å²) < 4.78 is 0. The maximum atomic E-state index is 12.7. The number of H-pyrrole nitrogens is 2. The molecule has 2 aromatic heterocycles. The summed E-state index contributed by atoms with van der Waals surface area (Å²) in [5, 5.41) is 26.9. The molecule has 0 amide bonds. The zero-order chi connectivity index (χ0) is 20.6. The highest BCUT2D eigenvalue weighted by molar-refractivity contribution is 5.97. The van der Waals surface area contributed by atoms with Crippen molar-refractivity contribution >= 4 is 11.6 Å². The molecule has 2 N–H and O–H groups in total. The van der Waals surface area contributed by atoms with Gasteiger partial charge in [0.1, 0.15) is 11.6 Å². The summed E-state index contributed by atoms with van der Waals surface area (Å²) in [7, 11) is 0. The Morgan fingerprint density at radius 1 is 0.857 bits per heavy atom. The average molecular weight is 390 g/mol. The van der Waals surface area contributed by atoms with E-state index in [1.54, 1.807) is 0 Å². The molecule has 0 aromatic carbocycles. The second-order valence-corrected chi connectivity index (χ2v) is 8.42. The molecule has 0 bridgehead atoms. The quantitative estimate of drug-likeness (QED) is 0.392. The third-order valence-corrected chi connectivity index (χ3v) is 5.72. The Morgan fingerprint density at radius 3 is 2.14 bits per heavy atom. The zero-order valence-electron chi connectivity index (χ0n) is 17.2. The fourth-order valence-corrected chi connectivity index (χ4v) is 3.09. The van der Waals surface area contributed by atoms with Crippen LogP contribution in [0, 0.1) is 10.8 Å². The molecule has 2 rings (SSSR count). The van der Waals surface area contributed by atoms with Gasteiger partial charge in [-0.15, -0.1) is 10.2 Å². The Kier molecular flexibility index (Phi) is 7.47. The lowest BCUT2D eigenvalue weighted by Gasteiger charge is -2.39. The van der Waals surface area contributed by atoms with Crippen molar-refractivity contribution in [2.45, 2.75) is 79.1 Å². The molecule has 0 aliphatic rings. The number of aromatic amines is 2. The summed E-state index contributed by atoms with van der Waals surface area (Å²) in [6.07, 6.45) is 6.85. The molecule has 154 valence electrons. The lowest BCUT2D eigenvalue weighted by atomic mass is 9.63. The van der Waals surface area contributed by atoms with Gasteiger partial charge in [0.15, 0.2) is 0 Å². The number of carbonyl (C=O) groups is 2. The molecule has 0 fully saturated rings. The van der Waals surface area contributed by atoms with Crippen molar-refractivity contribution in [2.75, 3.05) is 0 Å². The van der Waals surface area contributed by atoms with Gasteiger partial charge in [0.2, 0.25) is 11.6 Å². The number of rotatable bonds is 13. The number of carbonyl (C=O) groups excluding carboxylic acids is 2. The first kappa shape index (κ1) is 21.8. The van der Waals surface area contributed by atoms with Crippen LogP contribution in [0.3, 0.4) is 0 Å². The van der Waals surface area contributed by atoms with Gasteiger partial charge in [-0.2, -0.15) is 0 Å².